The summed E-state index contributed by atoms with van der Waals surface area (Å²) in [5.74, 6) is 0.380. The summed E-state index contributed by atoms with van der Waals surface area (Å²) in [6.07, 6.45) is -0.0729. The average Bonchev–Trinajstić information content (AvgIpc) is 3.25. The van der Waals surface area contributed by atoms with Crippen molar-refractivity contribution in [2.75, 3.05) is 13.6 Å². The minimum Gasteiger partial charge on any atom is -0.491 e. The first kappa shape index (κ1) is 25.9. The van der Waals surface area contributed by atoms with Crippen molar-refractivity contribution in [1.82, 2.24) is 10.6 Å². The van der Waals surface area contributed by atoms with Gasteiger partial charge in [0.05, 0.1) is 11.7 Å². The lowest BCUT2D eigenvalue weighted by atomic mass is 9.98. The van der Waals surface area contributed by atoms with E-state index in [0.717, 1.165) is 11.1 Å². The van der Waals surface area contributed by atoms with Crippen LogP contribution in [-0.4, -0.2) is 31.5 Å². The molecule has 0 spiro atoms. The van der Waals surface area contributed by atoms with Gasteiger partial charge in [-0.1, -0.05) is 19.9 Å². The second-order valence-corrected chi connectivity index (χ2v) is 9.62. The molecule has 0 aliphatic rings. The van der Waals surface area contributed by atoms with Gasteiger partial charge in [-0.15, -0.1) is 0 Å². The maximum Gasteiger partial charge on any atom is 0.255 e. The molecule has 4 aromatic rings. The Balaban J connectivity index is 1.85. The van der Waals surface area contributed by atoms with Crippen LogP contribution in [0.15, 0.2) is 65.1 Å². The van der Waals surface area contributed by atoms with Crippen LogP contribution in [0.1, 0.15) is 48.4 Å². The van der Waals surface area contributed by atoms with Gasteiger partial charge in [0, 0.05) is 30.1 Å². The zero-order chi connectivity index (χ0) is 26.7. The van der Waals surface area contributed by atoms with Gasteiger partial charge < -0.3 is 19.8 Å². The third-order valence-electron chi connectivity index (χ3n) is 5.79. The van der Waals surface area contributed by atoms with Crippen LogP contribution in [0, 0.1) is 11.7 Å². The molecule has 192 valence electrons. The van der Waals surface area contributed by atoms with Crippen LogP contribution in [0.2, 0.25) is 0 Å². The summed E-state index contributed by atoms with van der Waals surface area (Å²) >= 11 is 0. The Hall–Kier alpha value is -4.13. The average molecular weight is 503 g/mol. The van der Waals surface area contributed by atoms with Gasteiger partial charge in [-0.25, -0.2) is 4.39 Å². The van der Waals surface area contributed by atoms with Crippen LogP contribution >= 0.6 is 0 Å². The Morgan fingerprint density at radius 3 is 2.24 bits per heavy atom. The molecular formula is C30H31FN2O4. The SMILES string of the molecule is CNC(=O)c1c(-c2ccc(F)cc2)oc2ccc(-c3cc(OC(C)C)cc(C(=O)NCC(C)C)c3)cc12. The smallest absolute Gasteiger partial charge is 0.255 e. The van der Waals surface area contributed by atoms with Crippen LogP contribution < -0.4 is 15.4 Å². The zero-order valence-corrected chi connectivity index (χ0v) is 21.6. The second-order valence-electron chi connectivity index (χ2n) is 9.62. The molecule has 0 saturated carbocycles. The number of carbonyl (C=O) groups is 2. The summed E-state index contributed by atoms with van der Waals surface area (Å²) in [5, 5.41) is 6.24. The molecule has 2 amide bonds. The highest BCUT2D eigenvalue weighted by atomic mass is 19.1. The van der Waals surface area contributed by atoms with E-state index in [4.69, 9.17) is 9.15 Å². The number of hydrogen-bond acceptors (Lipinski definition) is 4. The van der Waals surface area contributed by atoms with E-state index in [1.54, 1.807) is 31.3 Å². The van der Waals surface area contributed by atoms with Crippen molar-refractivity contribution in [3.63, 3.8) is 0 Å². The lowest BCUT2D eigenvalue weighted by molar-refractivity contribution is 0.0945. The number of carbonyl (C=O) groups excluding carboxylic acids is 2. The number of fused-ring (bicyclic) bond motifs is 1. The minimum atomic E-state index is -0.375. The molecule has 0 aliphatic heterocycles. The van der Waals surface area contributed by atoms with Crippen molar-refractivity contribution in [1.29, 1.82) is 0 Å². The fraction of sp³-hybridized carbons (Fsp3) is 0.267. The summed E-state index contributed by atoms with van der Waals surface area (Å²) < 4.78 is 25.5. The van der Waals surface area contributed by atoms with E-state index in [-0.39, 0.29) is 23.7 Å². The Bertz CT molecular complexity index is 1440. The molecular weight excluding hydrogens is 471 g/mol. The number of benzene rings is 3. The van der Waals surface area contributed by atoms with E-state index in [0.29, 0.717) is 51.6 Å². The van der Waals surface area contributed by atoms with Gasteiger partial charge in [0.15, 0.2) is 0 Å². The van der Waals surface area contributed by atoms with Crippen molar-refractivity contribution in [3.05, 3.63) is 77.6 Å². The largest absolute Gasteiger partial charge is 0.491 e. The number of furan rings is 1. The number of nitrogens with one attached hydrogen (secondary N) is 2. The molecule has 1 heterocycles. The molecule has 0 unspecified atom stereocenters. The molecule has 0 atom stereocenters. The number of halogens is 1. The number of rotatable bonds is 8. The standard InChI is InChI=1S/C30H31FN2O4/c1-17(2)16-33-29(34)22-12-21(13-24(14-22)36-18(3)4)20-8-11-26-25(15-20)27(30(35)32-5)28(37-26)19-6-9-23(31)10-7-19/h6-15,17-18H,16H2,1-5H3,(H,32,35)(H,33,34). The van der Waals surface area contributed by atoms with E-state index >= 15 is 0 Å². The lowest BCUT2D eigenvalue weighted by Crippen LogP contribution is -2.27. The maximum absolute atomic E-state index is 13.5. The van der Waals surface area contributed by atoms with Crippen LogP contribution in [0.5, 0.6) is 5.75 Å². The molecule has 0 aliphatic carbocycles. The first-order valence-electron chi connectivity index (χ1n) is 12.3. The summed E-state index contributed by atoms with van der Waals surface area (Å²) in [6.45, 7) is 8.49. The monoisotopic (exact) mass is 502 g/mol. The summed E-state index contributed by atoms with van der Waals surface area (Å²) in [7, 11) is 1.55. The zero-order valence-electron chi connectivity index (χ0n) is 21.6. The fourth-order valence-corrected chi connectivity index (χ4v) is 4.07. The molecule has 0 saturated heterocycles. The molecule has 7 heteroatoms. The molecule has 0 fully saturated rings. The van der Waals surface area contributed by atoms with Gasteiger partial charge in [-0.3, -0.25) is 9.59 Å². The Labute approximate surface area is 215 Å². The van der Waals surface area contributed by atoms with E-state index in [9.17, 15) is 14.0 Å². The highest BCUT2D eigenvalue weighted by molar-refractivity contribution is 6.12. The minimum absolute atomic E-state index is 0.0729. The maximum atomic E-state index is 13.5. The van der Waals surface area contributed by atoms with Gasteiger partial charge >= 0.3 is 0 Å². The van der Waals surface area contributed by atoms with Crippen molar-refractivity contribution in [2.24, 2.45) is 5.92 Å². The van der Waals surface area contributed by atoms with Gasteiger partial charge in [-0.2, -0.15) is 0 Å². The second kappa shape index (κ2) is 10.9. The van der Waals surface area contributed by atoms with E-state index < -0.39 is 0 Å². The van der Waals surface area contributed by atoms with Crippen molar-refractivity contribution < 1.29 is 23.1 Å². The predicted molar refractivity (Wildman–Crippen MR) is 143 cm³/mol. The molecule has 1 aromatic heterocycles. The summed E-state index contributed by atoms with van der Waals surface area (Å²) in [6, 6.07) is 16.8. The quantitative estimate of drug-likeness (QED) is 0.291. The third-order valence-corrected chi connectivity index (χ3v) is 5.79. The molecule has 6 nitrogen and oxygen atoms in total. The van der Waals surface area contributed by atoms with Crippen LogP contribution in [0.25, 0.3) is 33.4 Å². The number of hydrogen-bond donors (Lipinski definition) is 2. The van der Waals surface area contributed by atoms with E-state index in [1.165, 1.54) is 12.1 Å². The normalized spacial score (nSPS) is 11.2. The lowest BCUT2D eigenvalue weighted by Gasteiger charge is -2.14. The van der Waals surface area contributed by atoms with Crippen LogP contribution in [0.3, 0.4) is 0 Å². The van der Waals surface area contributed by atoms with Crippen molar-refractivity contribution >= 4 is 22.8 Å². The third kappa shape index (κ3) is 5.82. The predicted octanol–water partition coefficient (Wildman–Crippen LogP) is 6.44. The van der Waals surface area contributed by atoms with Crippen LogP contribution in [-0.2, 0) is 0 Å². The van der Waals surface area contributed by atoms with Gasteiger partial charge in [0.2, 0.25) is 0 Å². The van der Waals surface area contributed by atoms with Crippen molar-refractivity contribution in [2.45, 2.75) is 33.8 Å². The fourth-order valence-electron chi connectivity index (χ4n) is 4.07. The molecule has 0 radical (unpaired) electrons. The Kier molecular flexibility index (Phi) is 7.62. The van der Waals surface area contributed by atoms with Gasteiger partial charge in [0.25, 0.3) is 11.8 Å². The first-order chi connectivity index (χ1) is 17.7. The topological polar surface area (TPSA) is 80.6 Å². The highest BCUT2D eigenvalue weighted by Gasteiger charge is 2.22. The molecule has 3 aromatic carbocycles. The Morgan fingerprint density at radius 1 is 0.892 bits per heavy atom. The van der Waals surface area contributed by atoms with Gasteiger partial charge in [-0.05, 0) is 85.5 Å². The Morgan fingerprint density at radius 2 is 1.59 bits per heavy atom. The number of ether oxygens (including phenoxy) is 1. The first-order valence-corrected chi connectivity index (χ1v) is 12.3. The van der Waals surface area contributed by atoms with E-state index in [2.05, 4.69) is 10.6 Å². The molecule has 0 bridgehead atoms. The van der Waals surface area contributed by atoms with Gasteiger partial charge in [0.1, 0.15) is 22.9 Å². The molecule has 2 N–H and O–H groups in total. The van der Waals surface area contributed by atoms with Crippen LogP contribution in [0.4, 0.5) is 4.39 Å². The highest BCUT2D eigenvalue weighted by Crippen LogP contribution is 2.37. The van der Waals surface area contributed by atoms with E-state index in [1.807, 2.05) is 52.0 Å². The molecule has 4 rings (SSSR count). The number of amides is 2. The summed E-state index contributed by atoms with van der Waals surface area (Å²) in [5.41, 5.74) is 3.51. The van der Waals surface area contributed by atoms with Crippen molar-refractivity contribution in [3.8, 4) is 28.2 Å². The summed E-state index contributed by atoms with van der Waals surface area (Å²) in [4.78, 5) is 25.8. The molecule has 37 heavy (non-hydrogen) atoms.